The molecular weight excluding hydrogens is 184 g/mol. The van der Waals surface area contributed by atoms with Gasteiger partial charge in [-0.25, -0.2) is 0 Å². The summed E-state index contributed by atoms with van der Waals surface area (Å²) in [5, 5.41) is 4.52. The van der Waals surface area contributed by atoms with Crippen molar-refractivity contribution in [3.63, 3.8) is 0 Å². The number of para-hydroxylation sites is 1. The SMILES string of the molecule is C=C(NC(C)C)c1cc2ccccc2[nH]1. The lowest BCUT2D eigenvalue weighted by atomic mass is 10.2. The number of nitrogens with one attached hydrogen (secondary N) is 2. The maximum atomic E-state index is 4.02. The van der Waals surface area contributed by atoms with Crippen molar-refractivity contribution in [2.75, 3.05) is 0 Å². The number of hydrogen-bond donors (Lipinski definition) is 2. The molecule has 1 aromatic heterocycles. The predicted octanol–water partition coefficient (Wildman–Crippen LogP) is 3.14. The van der Waals surface area contributed by atoms with Gasteiger partial charge in [-0.2, -0.15) is 0 Å². The summed E-state index contributed by atoms with van der Waals surface area (Å²) in [6.45, 7) is 8.23. The van der Waals surface area contributed by atoms with E-state index in [1.165, 1.54) is 5.39 Å². The van der Waals surface area contributed by atoms with E-state index in [1.807, 2.05) is 12.1 Å². The van der Waals surface area contributed by atoms with Crippen molar-refractivity contribution in [2.45, 2.75) is 19.9 Å². The van der Waals surface area contributed by atoms with E-state index in [9.17, 15) is 0 Å². The highest BCUT2D eigenvalue weighted by molar-refractivity contribution is 5.84. The number of hydrogen-bond acceptors (Lipinski definition) is 1. The number of H-pyrrole nitrogens is 1. The molecule has 0 bridgehead atoms. The van der Waals surface area contributed by atoms with Crippen LogP contribution in [0.1, 0.15) is 19.5 Å². The van der Waals surface area contributed by atoms with Crippen LogP contribution in [0, 0.1) is 0 Å². The second kappa shape index (κ2) is 3.81. The van der Waals surface area contributed by atoms with Crippen LogP contribution in [0.5, 0.6) is 0 Å². The molecule has 0 aliphatic rings. The molecule has 0 fully saturated rings. The third kappa shape index (κ3) is 2.04. The average Bonchev–Trinajstić information content (AvgIpc) is 2.59. The topological polar surface area (TPSA) is 27.8 Å². The smallest absolute Gasteiger partial charge is 0.0620 e. The molecule has 0 radical (unpaired) electrons. The van der Waals surface area contributed by atoms with Gasteiger partial charge in [0.2, 0.25) is 0 Å². The molecule has 15 heavy (non-hydrogen) atoms. The van der Waals surface area contributed by atoms with Crippen LogP contribution in [0.25, 0.3) is 16.6 Å². The van der Waals surface area contributed by atoms with Crippen LogP contribution < -0.4 is 5.32 Å². The molecule has 1 heterocycles. The highest BCUT2D eigenvalue weighted by atomic mass is 14.9. The first-order chi connectivity index (χ1) is 7.16. The van der Waals surface area contributed by atoms with Crippen LogP contribution in [0.15, 0.2) is 36.9 Å². The van der Waals surface area contributed by atoms with Gasteiger partial charge in [0.25, 0.3) is 0 Å². The lowest BCUT2D eigenvalue weighted by Crippen LogP contribution is -2.20. The molecule has 2 nitrogen and oxygen atoms in total. The first-order valence-electron chi connectivity index (χ1n) is 5.20. The van der Waals surface area contributed by atoms with Gasteiger partial charge in [0.1, 0.15) is 0 Å². The molecule has 0 amide bonds. The maximum absolute atomic E-state index is 4.02. The Morgan fingerprint density at radius 1 is 1.33 bits per heavy atom. The highest BCUT2D eigenvalue weighted by Crippen LogP contribution is 2.18. The Kier molecular flexibility index (Phi) is 2.50. The Morgan fingerprint density at radius 3 is 2.73 bits per heavy atom. The van der Waals surface area contributed by atoms with Gasteiger partial charge in [0.05, 0.1) is 11.4 Å². The molecule has 1 aromatic carbocycles. The number of rotatable bonds is 3. The molecule has 0 saturated carbocycles. The zero-order valence-corrected chi connectivity index (χ0v) is 9.17. The van der Waals surface area contributed by atoms with Crippen molar-refractivity contribution >= 4 is 16.6 Å². The summed E-state index contributed by atoms with van der Waals surface area (Å²) >= 11 is 0. The number of aromatic nitrogens is 1. The average molecular weight is 200 g/mol. The van der Waals surface area contributed by atoms with Crippen molar-refractivity contribution in [3.05, 3.63) is 42.6 Å². The van der Waals surface area contributed by atoms with E-state index in [0.29, 0.717) is 6.04 Å². The Labute approximate surface area is 90.0 Å². The fraction of sp³-hybridized carbons (Fsp3) is 0.231. The van der Waals surface area contributed by atoms with Gasteiger partial charge < -0.3 is 10.3 Å². The van der Waals surface area contributed by atoms with Gasteiger partial charge >= 0.3 is 0 Å². The fourth-order valence-electron chi connectivity index (χ4n) is 1.66. The van der Waals surface area contributed by atoms with E-state index in [-0.39, 0.29) is 0 Å². The van der Waals surface area contributed by atoms with E-state index in [0.717, 1.165) is 16.9 Å². The quantitative estimate of drug-likeness (QED) is 0.782. The second-order valence-corrected chi connectivity index (χ2v) is 4.05. The molecule has 2 N–H and O–H groups in total. The summed E-state index contributed by atoms with van der Waals surface area (Å²) in [6.07, 6.45) is 0. The summed E-state index contributed by atoms with van der Waals surface area (Å²) < 4.78 is 0. The molecule has 0 aliphatic heterocycles. The first kappa shape index (κ1) is 9.84. The third-order valence-electron chi connectivity index (χ3n) is 2.32. The van der Waals surface area contributed by atoms with Crippen molar-refractivity contribution in [1.29, 1.82) is 0 Å². The zero-order chi connectivity index (χ0) is 10.8. The van der Waals surface area contributed by atoms with Crippen molar-refractivity contribution in [2.24, 2.45) is 0 Å². The summed E-state index contributed by atoms with van der Waals surface area (Å²) in [5.41, 5.74) is 3.16. The minimum absolute atomic E-state index is 0.406. The number of benzene rings is 1. The summed E-state index contributed by atoms with van der Waals surface area (Å²) in [6, 6.07) is 10.8. The van der Waals surface area contributed by atoms with Gasteiger partial charge in [0.15, 0.2) is 0 Å². The van der Waals surface area contributed by atoms with E-state index < -0.39 is 0 Å². The molecule has 0 atom stereocenters. The standard InChI is InChI=1S/C13H16N2/c1-9(2)14-10(3)13-8-11-6-4-5-7-12(11)15-13/h4-9,14-15H,3H2,1-2H3. The van der Waals surface area contributed by atoms with Crippen LogP contribution in [-0.2, 0) is 0 Å². The van der Waals surface area contributed by atoms with Gasteiger partial charge in [-0.1, -0.05) is 24.8 Å². The Balaban J connectivity index is 2.32. The Bertz CT molecular complexity index is 447. The van der Waals surface area contributed by atoms with Crippen molar-refractivity contribution in [1.82, 2.24) is 10.3 Å². The minimum atomic E-state index is 0.406. The molecule has 0 unspecified atom stereocenters. The van der Waals surface area contributed by atoms with Gasteiger partial charge in [0, 0.05) is 16.9 Å². The molecule has 2 heteroatoms. The van der Waals surface area contributed by atoms with E-state index in [1.54, 1.807) is 0 Å². The monoisotopic (exact) mass is 200 g/mol. The van der Waals surface area contributed by atoms with Crippen LogP contribution in [0.4, 0.5) is 0 Å². The summed E-state index contributed by atoms with van der Waals surface area (Å²) in [4.78, 5) is 3.34. The molecule has 0 spiro atoms. The lowest BCUT2D eigenvalue weighted by Gasteiger charge is -2.10. The Morgan fingerprint density at radius 2 is 2.07 bits per heavy atom. The van der Waals surface area contributed by atoms with Crippen LogP contribution >= 0.6 is 0 Å². The summed E-state index contributed by atoms with van der Waals surface area (Å²) in [5.74, 6) is 0. The first-order valence-corrected chi connectivity index (χ1v) is 5.20. The largest absolute Gasteiger partial charge is 0.382 e. The van der Waals surface area contributed by atoms with Gasteiger partial charge in [-0.3, -0.25) is 0 Å². The molecule has 78 valence electrons. The highest BCUT2D eigenvalue weighted by Gasteiger charge is 2.04. The normalized spacial score (nSPS) is 10.9. The van der Waals surface area contributed by atoms with E-state index >= 15 is 0 Å². The molecule has 2 rings (SSSR count). The van der Waals surface area contributed by atoms with Crippen molar-refractivity contribution in [3.8, 4) is 0 Å². The fourth-order valence-corrected chi connectivity index (χ4v) is 1.66. The Hall–Kier alpha value is -1.70. The van der Waals surface area contributed by atoms with Gasteiger partial charge in [-0.05, 0) is 26.0 Å². The van der Waals surface area contributed by atoms with Crippen molar-refractivity contribution < 1.29 is 0 Å². The van der Waals surface area contributed by atoms with Crippen LogP contribution in [0.3, 0.4) is 0 Å². The molecule has 0 saturated heterocycles. The molecule has 2 aromatic rings. The molecular formula is C13H16N2. The number of aromatic amines is 1. The maximum Gasteiger partial charge on any atom is 0.0620 e. The van der Waals surface area contributed by atoms with Gasteiger partial charge in [-0.15, -0.1) is 0 Å². The summed E-state index contributed by atoms with van der Waals surface area (Å²) in [7, 11) is 0. The zero-order valence-electron chi connectivity index (χ0n) is 9.17. The van der Waals surface area contributed by atoms with E-state index in [2.05, 4.69) is 48.9 Å². The van der Waals surface area contributed by atoms with E-state index in [4.69, 9.17) is 0 Å². The lowest BCUT2D eigenvalue weighted by molar-refractivity contribution is 0.716. The molecule has 0 aliphatic carbocycles. The number of fused-ring (bicyclic) bond motifs is 1. The van der Waals surface area contributed by atoms with Crippen LogP contribution in [-0.4, -0.2) is 11.0 Å². The predicted molar refractivity (Wildman–Crippen MR) is 65.6 cm³/mol. The third-order valence-corrected chi connectivity index (χ3v) is 2.32. The van der Waals surface area contributed by atoms with Crippen LogP contribution in [0.2, 0.25) is 0 Å². The minimum Gasteiger partial charge on any atom is -0.382 e. The second-order valence-electron chi connectivity index (χ2n) is 4.05.